The Hall–Kier alpha value is -1.91. The predicted octanol–water partition coefficient (Wildman–Crippen LogP) is 2.48. The minimum Gasteiger partial charge on any atom is -0.463 e. The summed E-state index contributed by atoms with van der Waals surface area (Å²) in [5, 5.41) is 10.4. The van der Waals surface area contributed by atoms with Crippen molar-refractivity contribution in [2.75, 3.05) is 0 Å². The highest BCUT2D eigenvalue weighted by Crippen LogP contribution is 2.14. The summed E-state index contributed by atoms with van der Waals surface area (Å²) in [5.74, 6) is -0.291. The fraction of sp³-hybridized carbons (Fsp3) is 0.417. The van der Waals surface area contributed by atoms with Gasteiger partial charge in [0.1, 0.15) is 0 Å². The van der Waals surface area contributed by atoms with Crippen LogP contribution in [-0.2, 0) is 16.0 Å². The quantitative estimate of drug-likeness (QED) is 0.448. The molecule has 0 fully saturated rings. The van der Waals surface area contributed by atoms with Crippen molar-refractivity contribution >= 4 is 11.7 Å². The Bertz CT molecular complexity index is 399. The van der Waals surface area contributed by atoms with Crippen molar-refractivity contribution < 1.29 is 14.5 Å². The van der Waals surface area contributed by atoms with Gasteiger partial charge in [0, 0.05) is 19.1 Å². The van der Waals surface area contributed by atoms with Gasteiger partial charge in [-0.25, -0.2) is 0 Å². The zero-order valence-corrected chi connectivity index (χ0v) is 9.88. The normalized spacial score (nSPS) is 11.9. The van der Waals surface area contributed by atoms with Crippen molar-refractivity contribution in [3.63, 3.8) is 0 Å². The van der Waals surface area contributed by atoms with E-state index in [9.17, 15) is 14.9 Å². The molecule has 0 bridgehead atoms. The SMILES string of the molecule is CC(=O)OC(C)CCc1ccc([N+](=O)[O-])cc1. The molecule has 0 aliphatic rings. The lowest BCUT2D eigenvalue weighted by Crippen LogP contribution is -2.12. The number of ether oxygens (including phenoxy) is 1. The molecule has 17 heavy (non-hydrogen) atoms. The van der Waals surface area contributed by atoms with E-state index < -0.39 is 4.92 Å². The van der Waals surface area contributed by atoms with E-state index in [2.05, 4.69) is 0 Å². The Morgan fingerprint density at radius 1 is 1.41 bits per heavy atom. The van der Waals surface area contributed by atoms with E-state index in [1.54, 1.807) is 12.1 Å². The van der Waals surface area contributed by atoms with E-state index in [-0.39, 0.29) is 17.8 Å². The van der Waals surface area contributed by atoms with Gasteiger partial charge in [-0.3, -0.25) is 14.9 Å². The van der Waals surface area contributed by atoms with Crippen LogP contribution in [0.4, 0.5) is 5.69 Å². The molecule has 0 aromatic heterocycles. The maximum Gasteiger partial charge on any atom is 0.302 e. The van der Waals surface area contributed by atoms with Crippen LogP contribution in [-0.4, -0.2) is 17.0 Å². The Morgan fingerprint density at radius 2 is 2.00 bits per heavy atom. The largest absolute Gasteiger partial charge is 0.463 e. The molecule has 92 valence electrons. The van der Waals surface area contributed by atoms with Crippen LogP contribution >= 0.6 is 0 Å². The number of non-ortho nitro benzene ring substituents is 1. The lowest BCUT2D eigenvalue weighted by atomic mass is 10.1. The van der Waals surface area contributed by atoms with E-state index in [0.717, 1.165) is 12.0 Å². The number of aryl methyl sites for hydroxylation is 1. The number of nitrogens with zero attached hydrogens (tertiary/aromatic N) is 1. The zero-order valence-electron chi connectivity index (χ0n) is 9.88. The van der Waals surface area contributed by atoms with Gasteiger partial charge in [-0.05, 0) is 25.3 Å². The smallest absolute Gasteiger partial charge is 0.302 e. The molecule has 5 heteroatoms. The molecule has 0 radical (unpaired) electrons. The summed E-state index contributed by atoms with van der Waals surface area (Å²) >= 11 is 0. The Balaban J connectivity index is 2.47. The maximum absolute atomic E-state index is 10.7. The number of carbonyl (C=O) groups is 1. The first-order valence-corrected chi connectivity index (χ1v) is 5.39. The van der Waals surface area contributed by atoms with E-state index in [1.165, 1.54) is 19.1 Å². The van der Waals surface area contributed by atoms with Gasteiger partial charge >= 0.3 is 5.97 Å². The fourth-order valence-corrected chi connectivity index (χ4v) is 1.50. The number of benzene rings is 1. The molecule has 1 aromatic carbocycles. The highest BCUT2D eigenvalue weighted by molar-refractivity contribution is 5.66. The molecule has 0 N–H and O–H groups in total. The van der Waals surface area contributed by atoms with Gasteiger partial charge in [0.25, 0.3) is 5.69 Å². The number of nitro groups is 1. The first-order valence-electron chi connectivity index (χ1n) is 5.39. The second-order valence-corrected chi connectivity index (χ2v) is 3.88. The van der Waals surface area contributed by atoms with Gasteiger partial charge in [-0.1, -0.05) is 12.1 Å². The molecular formula is C12H15NO4. The van der Waals surface area contributed by atoms with Gasteiger partial charge in [0.2, 0.25) is 0 Å². The minimum atomic E-state index is -0.425. The number of hydrogen-bond acceptors (Lipinski definition) is 4. The summed E-state index contributed by atoms with van der Waals surface area (Å²) in [6, 6.07) is 6.40. The molecule has 0 amide bonds. The number of rotatable bonds is 5. The van der Waals surface area contributed by atoms with Crippen LogP contribution in [0.15, 0.2) is 24.3 Å². The zero-order chi connectivity index (χ0) is 12.8. The van der Waals surface area contributed by atoms with Crippen molar-refractivity contribution in [3.8, 4) is 0 Å². The Morgan fingerprint density at radius 3 is 2.47 bits per heavy atom. The van der Waals surface area contributed by atoms with Crippen LogP contribution in [0.2, 0.25) is 0 Å². The molecule has 0 saturated carbocycles. The summed E-state index contributed by atoms with van der Waals surface area (Å²) in [4.78, 5) is 20.7. The fourth-order valence-electron chi connectivity index (χ4n) is 1.50. The summed E-state index contributed by atoms with van der Waals surface area (Å²) in [7, 11) is 0. The van der Waals surface area contributed by atoms with Crippen LogP contribution in [0.1, 0.15) is 25.8 Å². The summed E-state index contributed by atoms with van der Waals surface area (Å²) in [5.41, 5.74) is 1.08. The van der Waals surface area contributed by atoms with E-state index in [4.69, 9.17) is 4.74 Å². The van der Waals surface area contributed by atoms with E-state index in [0.29, 0.717) is 6.42 Å². The highest BCUT2D eigenvalue weighted by atomic mass is 16.6. The topological polar surface area (TPSA) is 69.4 Å². The second-order valence-electron chi connectivity index (χ2n) is 3.88. The van der Waals surface area contributed by atoms with Gasteiger partial charge < -0.3 is 4.74 Å². The van der Waals surface area contributed by atoms with Crippen molar-refractivity contribution in [2.45, 2.75) is 32.8 Å². The summed E-state index contributed by atoms with van der Waals surface area (Å²) < 4.78 is 4.99. The summed E-state index contributed by atoms with van der Waals surface area (Å²) in [6.07, 6.45) is 1.30. The maximum atomic E-state index is 10.7. The van der Waals surface area contributed by atoms with E-state index >= 15 is 0 Å². The van der Waals surface area contributed by atoms with Crippen molar-refractivity contribution in [3.05, 3.63) is 39.9 Å². The van der Waals surface area contributed by atoms with Crippen LogP contribution in [0, 0.1) is 10.1 Å². The van der Waals surface area contributed by atoms with Crippen molar-refractivity contribution in [2.24, 2.45) is 0 Å². The lowest BCUT2D eigenvalue weighted by Gasteiger charge is -2.11. The third-order valence-electron chi connectivity index (χ3n) is 2.35. The first kappa shape index (κ1) is 13.2. The van der Waals surface area contributed by atoms with E-state index in [1.807, 2.05) is 6.92 Å². The van der Waals surface area contributed by atoms with Crippen molar-refractivity contribution in [1.29, 1.82) is 0 Å². The lowest BCUT2D eigenvalue weighted by molar-refractivity contribution is -0.384. The second kappa shape index (κ2) is 5.98. The van der Waals surface area contributed by atoms with Gasteiger partial charge in [-0.2, -0.15) is 0 Å². The van der Waals surface area contributed by atoms with Crippen LogP contribution in [0.25, 0.3) is 0 Å². The number of carbonyl (C=O) groups excluding carboxylic acids is 1. The number of esters is 1. The third kappa shape index (κ3) is 4.63. The number of nitro benzene ring substituents is 1. The predicted molar refractivity (Wildman–Crippen MR) is 62.6 cm³/mol. The Kier molecular flexibility index (Phi) is 4.63. The average Bonchev–Trinajstić information content (AvgIpc) is 2.26. The molecule has 5 nitrogen and oxygen atoms in total. The average molecular weight is 237 g/mol. The Labute approximate surface area is 99.5 Å². The molecule has 0 aliphatic carbocycles. The molecule has 1 atom stereocenters. The van der Waals surface area contributed by atoms with Crippen molar-refractivity contribution in [1.82, 2.24) is 0 Å². The highest BCUT2D eigenvalue weighted by Gasteiger charge is 2.07. The third-order valence-corrected chi connectivity index (χ3v) is 2.35. The monoisotopic (exact) mass is 237 g/mol. The number of hydrogen-bond donors (Lipinski definition) is 0. The van der Waals surface area contributed by atoms with Gasteiger partial charge in [0.15, 0.2) is 0 Å². The molecular weight excluding hydrogens is 222 g/mol. The molecule has 0 saturated heterocycles. The van der Waals surface area contributed by atoms with Crippen LogP contribution in [0.5, 0.6) is 0 Å². The first-order chi connectivity index (χ1) is 7.99. The molecule has 0 aliphatic heterocycles. The van der Waals surface area contributed by atoms with Crippen LogP contribution in [0.3, 0.4) is 0 Å². The molecule has 0 heterocycles. The standard InChI is InChI=1S/C12H15NO4/c1-9(17-10(2)14)3-4-11-5-7-12(8-6-11)13(15)16/h5-9H,3-4H2,1-2H3. The molecule has 1 aromatic rings. The van der Waals surface area contributed by atoms with Gasteiger partial charge in [-0.15, -0.1) is 0 Å². The van der Waals surface area contributed by atoms with Gasteiger partial charge in [0.05, 0.1) is 11.0 Å². The van der Waals surface area contributed by atoms with Crippen LogP contribution < -0.4 is 0 Å². The minimum absolute atomic E-state index is 0.0850. The molecule has 0 spiro atoms. The molecule has 1 unspecified atom stereocenters. The summed E-state index contributed by atoms with van der Waals surface area (Å²) in [6.45, 7) is 3.20. The molecule has 1 rings (SSSR count).